The molecule has 4 heteroatoms. The molecule has 0 aromatic heterocycles. The Bertz CT molecular complexity index is 248. The molecule has 0 spiro atoms. The zero-order valence-corrected chi connectivity index (χ0v) is 12.2. The molecule has 1 N–H and O–H groups in total. The van der Waals surface area contributed by atoms with Crippen LogP contribution in [0.2, 0.25) is 0 Å². The fraction of sp³-hybridized carbons (Fsp3) is 0.923. The quantitative estimate of drug-likeness (QED) is 0.770. The van der Waals surface area contributed by atoms with Crippen molar-refractivity contribution in [3.8, 4) is 0 Å². The van der Waals surface area contributed by atoms with E-state index in [2.05, 4.69) is 26.1 Å². The molecule has 100 valence electrons. The average molecular weight is 259 g/mol. The van der Waals surface area contributed by atoms with Crippen LogP contribution in [0.25, 0.3) is 0 Å². The van der Waals surface area contributed by atoms with E-state index in [-0.39, 0.29) is 12.0 Å². The molecule has 4 atom stereocenters. The highest BCUT2D eigenvalue weighted by molar-refractivity contribution is 7.99. The monoisotopic (exact) mass is 259 g/mol. The Morgan fingerprint density at radius 3 is 2.82 bits per heavy atom. The van der Waals surface area contributed by atoms with Gasteiger partial charge in [-0.2, -0.15) is 11.8 Å². The van der Waals surface area contributed by atoms with Crippen LogP contribution in [-0.4, -0.2) is 36.2 Å². The van der Waals surface area contributed by atoms with Gasteiger partial charge in [0.05, 0.1) is 7.11 Å². The molecule has 0 amide bonds. The third kappa shape index (κ3) is 4.18. The van der Waals surface area contributed by atoms with E-state index in [1.54, 1.807) is 0 Å². The van der Waals surface area contributed by atoms with Gasteiger partial charge >= 0.3 is 5.97 Å². The molecule has 0 saturated carbocycles. The van der Waals surface area contributed by atoms with Gasteiger partial charge in [-0.15, -0.1) is 0 Å². The number of hydrogen-bond donors (Lipinski definition) is 1. The van der Waals surface area contributed by atoms with Crippen molar-refractivity contribution in [2.45, 2.75) is 57.4 Å². The zero-order valence-electron chi connectivity index (χ0n) is 11.4. The molecular weight excluding hydrogens is 234 g/mol. The van der Waals surface area contributed by atoms with Crippen LogP contribution >= 0.6 is 11.8 Å². The summed E-state index contributed by atoms with van der Waals surface area (Å²) in [6, 6.07) is 0.281. The number of rotatable bonds is 5. The molecule has 1 aliphatic heterocycles. The number of hydrogen-bond acceptors (Lipinski definition) is 4. The van der Waals surface area contributed by atoms with Crippen molar-refractivity contribution < 1.29 is 9.53 Å². The van der Waals surface area contributed by atoms with Gasteiger partial charge in [0.25, 0.3) is 0 Å². The molecule has 1 fully saturated rings. The van der Waals surface area contributed by atoms with Crippen LogP contribution in [0.15, 0.2) is 0 Å². The lowest BCUT2D eigenvalue weighted by atomic mass is 9.96. The highest BCUT2D eigenvalue weighted by Crippen LogP contribution is 2.26. The summed E-state index contributed by atoms with van der Waals surface area (Å²) in [6.07, 6.45) is 3.39. The van der Waals surface area contributed by atoms with Crippen LogP contribution in [0.5, 0.6) is 0 Å². The van der Waals surface area contributed by atoms with E-state index >= 15 is 0 Å². The second-order valence-electron chi connectivity index (χ2n) is 4.88. The molecule has 0 bridgehead atoms. The molecule has 0 radical (unpaired) electrons. The van der Waals surface area contributed by atoms with E-state index in [9.17, 15) is 4.79 Å². The van der Waals surface area contributed by atoms with Crippen LogP contribution in [0, 0.1) is 5.92 Å². The first kappa shape index (κ1) is 14.8. The maximum atomic E-state index is 11.8. The van der Waals surface area contributed by atoms with Crippen molar-refractivity contribution in [3.63, 3.8) is 0 Å². The third-order valence-electron chi connectivity index (χ3n) is 3.67. The zero-order chi connectivity index (χ0) is 12.8. The number of methoxy groups -OCH3 is 1. The van der Waals surface area contributed by atoms with Crippen LogP contribution in [0.3, 0.4) is 0 Å². The highest BCUT2D eigenvalue weighted by atomic mass is 32.2. The number of thioether (sulfide) groups is 1. The van der Waals surface area contributed by atoms with E-state index in [0.717, 1.165) is 12.8 Å². The number of carbonyl (C=O) groups excluding carboxylic acids is 1. The number of esters is 1. The summed E-state index contributed by atoms with van der Waals surface area (Å²) in [5, 5.41) is 4.10. The minimum atomic E-state index is -0.156. The summed E-state index contributed by atoms with van der Waals surface area (Å²) in [5.41, 5.74) is 0. The smallest absolute Gasteiger partial charge is 0.323 e. The Morgan fingerprint density at radius 2 is 2.29 bits per heavy atom. The van der Waals surface area contributed by atoms with Crippen molar-refractivity contribution in [1.29, 1.82) is 0 Å². The lowest BCUT2D eigenvalue weighted by Crippen LogP contribution is -2.51. The third-order valence-corrected chi connectivity index (χ3v) is 5.05. The maximum absolute atomic E-state index is 11.8. The Labute approximate surface area is 109 Å². The molecule has 17 heavy (non-hydrogen) atoms. The summed E-state index contributed by atoms with van der Waals surface area (Å²) in [6.45, 7) is 6.46. The van der Waals surface area contributed by atoms with Crippen molar-refractivity contribution in [1.82, 2.24) is 5.32 Å². The number of nitrogens with one attached hydrogen (secondary N) is 1. The molecule has 0 aromatic carbocycles. The molecule has 1 heterocycles. The Balaban J connectivity index is 2.61. The van der Waals surface area contributed by atoms with Gasteiger partial charge < -0.3 is 10.1 Å². The molecular formula is C13H25NO2S. The van der Waals surface area contributed by atoms with E-state index in [1.165, 1.54) is 19.3 Å². The minimum Gasteiger partial charge on any atom is -0.468 e. The molecule has 4 unspecified atom stereocenters. The molecule has 0 aliphatic carbocycles. The van der Waals surface area contributed by atoms with Gasteiger partial charge in [-0.1, -0.05) is 27.2 Å². The van der Waals surface area contributed by atoms with Crippen LogP contribution < -0.4 is 5.32 Å². The predicted octanol–water partition coefficient (Wildman–Crippen LogP) is 2.45. The summed E-state index contributed by atoms with van der Waals surface area (Å²) in [5.74, 6) is 1.44. The van der Waals surface area contributed by atoms with Crippen molar-refractivity contribution in [2.75, 3.05) is 12.9 Å². The number of ether oxygens (including phenoxy) is 1. The summed E-state index contributed by atoms with van der Waals surface area (Å²) in [4.78, 5) is 11.8. The van der Waals surface area contributed by atoms with E-state index in [1.807, 2.05) is 11.8 Å². The van der Waals surface area contributed by atoms with Gasteiger partial charge in [0.15, 0.2) is 0 Å². The first-order chi connectivity index (χ1) is 8.10. The van der Waals surface area contributed by atoms with E-state index < -0.39 is 0 Å². The Hall–Kier alpha value is -0.220. The molecule has 3 nitrogen and oxygen atoms in total. The van der Waals surface area contributed by atoms with Crippen molar-refractivity contribution in [3.05, 3.63) is 0 Å². The fourth-order valence-corrected chi connectivity index (χ4v) is 3.35. The number of carbonyl (C=O) groups is 1. The SMILES string of the molecule is CCC(C)C(NC1CCCSC1C)C(=O)OC. The van der Waals surface area contributed by atoms with Gasteiger partial charge in [0.2, 0.25) is 0 Å². The average Bonchev–Trinajstić information content (AvgIpc) is 2.36. The lowest BCUT2D eigenvalue weighted by molar-refractivity contribution is -0.144. The first-order valence-electron chi connectivity index (χ1n) is 6.55. The van der Waals surface area contributed by atoms with E-state index in [4.69, 9.17) is 4.74 Å². The van der Waals surface area contributed by atoms with Gasteiger partial charge in [0.1, 0.15) is 6.04 Å². The van der Waals surface area contributed by atoms with Crippen LogP contribution in [-0.2, 0) is 9.53 Å². The summed E-state index contributed by atoms with van der Waals surface area (Å²) < 4.78 is 4.90. The van der Waals surface area contributed by atoms with Crippen LogP contribution in [0.4, 0.5) is 0 Å². The van der Waals surface area contributed by atoms with Crippen molar-refractivity contribution in [2.24, 2.45) is 5.92 Å². The Kier molecular flexibility index (Phi) is 6.34. The van der Waals surface area contributed by atoms with Gasteiger partial charge in [-0.25, -0.2) is 0 Å². The topological polar surface area (TPSA) is 38.3 Å². The predicted molar refractivity (Wildman–Crippen MR) is 73.3 cm³/mol. The molecule has 1 aliphatic rings. The van der Waals surface area contributed by atoms with Crippen molar-refractivity contribution >= 4 is 17.7 Å². The lowest BCUT2D eigenvalue weighted by Gasteiger charge is -2.33. The highest BCUT2D eigenvalue weighted by Gasteiger charge is 2.30. The normalized spacial score (nSPS) is 28.5. The van der Waals surface area contributed by atoms with Gasteiger partial charge in [0, 0.05) is 11.3 Å². The van der Waals surface area contributed by atoms with E-state index in [0.29, 0.717) is 17.2 Å². The second kappa shape index (κ2) is 7.27. The van der Waals surface area contributed by atoms with Gasteiger partial charge in [-0.05, 0) is 24.5 Å². The largest absolute Gasteiger partial charge is 0.468 e. The first-order valence-corrected chi connectivity index (χ1v) is 7.60. The van der Waals surface area contributed by atoms with Crippen LogP contribution in [0.1, 0.15) is 40.0 Å². The molecule has 0 aromatic rings. The molecule has 1 saturated heterocycles. The molecule has 1 rings (SSSR count). The second-order valence-corrected chi connectivity index (χ2v) is 6.36. The van der Waals surface area contributed by atoms with Gasteiger partial charge in [-0.3, -0.25) is 4.79 Å². The fourth-order valence-electron chi connectivity index (χ4n) is 2.20. The maximum Gasteiger partial charge on any atom is 0.323 e. The standard InChI is InChI=1S/C13H25NO2S/c1-5-9(2)12(13(15)16-4)14-11-7-6-8-17-10(11)3/h9-12,14H,5-8H2,1-4H3. The summed E-state index contributed by atoms with van der Waals surface area (Å²) >= 11 is 1.99. The summed E-state index contributed by atoms with van der Waals surface area (Å²) in [7, 11) is 1.47. The Morgan fingerprint density at radius 1 is 1.59 bits per heavy atom. The minimum absolute atomic E-state index is 0.123.